The Labute approximate surface area is 91.4 Å². The highest BCUT2D eigenvalue weighted by Gasteiger charge is 2.08. The van der Waals surface area contributed by atoms with Gasteiger partial charge in [0, 0.05) is 5.56 Å². The van der Waals surface area contributed by atoms with E-state index in [4.69, 9.17) is 17.3 Å². The number of nitrogens with zero attached hydrogens (tertiary/aromatic N) is 1. The summed E-state index contributed by atoms with van der Waals surface area (Å²) in [5, 5.41) is 0.666. The molecule has 0 radical (unpaired) electrons. The highest BCUT2D eigenvalue weighted by atomic mass is 35.5. The number of thiazole rings is 1. The molecule has 14 heavy (non-hydrogen) atoms. The minimum absolute atomic E-state index is 0.484. The largest absolute Gasteiger partial charge is 0.389 e. The quantitative estimate of drug-likeness (QED) is 0.807. The Hall–Kier alpha value is -1.06. The molecule has 0 unspecified atom stereocenters. The molecule has 2 N–H and O–H groups in total. The normalized spacial score (nSPS) is 10.4. The molecule has 0 aliphatic carbocycles. The zero-order valence-electron chi connectivity index (χ0n) is 7.62. The average molecular weight is 225 g/mol. The molecule has 0 aliphatic rings. The third-order valence-corrected chi connectivity index (χ3v) is 2.94. The Morgan fingerprint density at radius 2 is 1.93 bits per heavy atom. The first-order valence-corrected chi connectivity index (χ1v) is 5.35. The zero-order valence-corrected chi connectivity index (χ0v) is 9.19. The molecule has 72 valence electrons. The predicted octanol–water partition coefficient (Wildman–Crippen LogP) is 3.35. The van der Waals surface area contributed by atoms with Crippen LogP contribution >= 0.6 is 22.9 Å². The summed E-state index contributed by atoms with van der Waals surface area (Å²) in [4.78, 5) is 4.17. The van der Waals surface area contributed by atoms with Gasteiger partial charge in [-0.2, -0.15) is 0 Å². The second kappa shape index (κ2) is 3.59. The molecule has 0 spiro atoms. The monoisotopic (exact) mass is 224 g/mol. The second-order valence-electron chi connectivity index (χ2n) is 3.05. The number of rotatable bonds is 1. The lowest BCUT2D eigenvalue weighted by atomic mass is 10.1. The summed E-state index contributed by atoms with van der Waals surface area (Å²) in [6.45, 7) is 2.04. The van der Waals surface area contributed by atoms with Gasteiger partial charge < -0.3 is 5.73 Å². The maximum absolute atomic E-state index is 5.78. The van der Waals surface area contributed by atoms with Crippen LogP contribution in [-0.4, -0.2) is 4.98 Å². The highest BCUT2D eigenvalue weighted by Crippen LogP contribution is 2.32. The molecule has 0 fully saturated rings. The summed E-state index contributed by atoms with van der Waals surface area (Å²) in [6.07, 6.45) is 0. The topological polar surface area (TPSA) is 38.9 Å². The van der Waals surface area contributed by atoms with Gasteiger partial charge in [-0.15, -0.1) is 0 Å². The summed E-state index contributed by atoms with van der Waals surface area (Å²) in [7, 11) is 0. The third kappa shape index (κ3) is 1.74. The van der Waals surface area contributed by atoms with Crippen LogP contribution in [0, 0.1) is 6.92 Å². The van der Waals surface area contributed by atoms with E-state index < -0.39 is 0 Å². The molecule has 2 nitrogen and oxygen atoms in total. The Morgan fingerprint density at radius 3 is 2.43 bits per heavy atom. The van der Waals surface area contributed by atoms with E-state index in [2.05, 4.69) is 4.98 Å². The number of halogens is 1. The van der Waals surface area contributed by atoms with E-state index in [-0.39, 0.29) is 0 Å². The van der Waals surface area contributed by atoms with Crippen LogP contribution < -0.4 is 5.73 Å². The zero-order chi connectivity index (χ0) is 10.1. The fourth-order valence-electron chi connectivity index (χ4n) is 1.22. The molecular formula is C10H9ClN2S. The maximum atomic E-state index is 5.78. The Bertz CT molecular complexity index is 448. The van der Waals surface area contributed by atoms with Gasteiger partial charge in [0.15, 0.2) is 4.47 Å². The van der Waals surface area contributed by atoms with E-state index in [0.717, 1.165) is 11.3 Å². The van der Waals surface area contributed by atoms with Crippen LogP contribution in [0.3, 0.4) is 0 Å². The Balaban J connectivity index is 2.49. The SMILES string of the molecule is Cc1ccc(-c2nc(Cl)sc2N)cc1. The second-order valence-corrected chi connectivity index (χ2v) is 4.66. The number of hydrogen-bond acceptors (Lipinski definition) is 3. The van der Waals surface area contributed by atoms with Crippen molar-refractivity contribution in [3.63, 3.8) is 0 Å². The molecule has 1 heterocycles. The average Bonchev–Trinajstić information content (AvgIpc) is 2.47. The number of benzene rings is 1. The number of anilines is 1. The predicted molar refractivity (Wildman–Crippen MR) is 61.7 cm³/mol. The van der Waals surface area contributed by atoms with Crippen molar-refractivity contribution in [1.29, 1.82) is 0 Å². The van der Waals surface area contributed by atoms with Crippen LogP contribution in [0.5, 0.6) is 0 Å². The maximum Gasteiger partial charge on any atom is 0.186 e. The first-order chi connectivity index (χ1) is 6.66. The Kier molecular flexibility index (Phi) is 2.44. The van der Waals surface area contributed by atoms with Gasteiger partial charge in [0.25, 0.3) is 0 Å². The standard InChI is InChI=1S/C10H9ClN2S/c1-6-2-4-7(5-3-6)8-9(12)14-10(11)13-8/h2-5H,12H2,1H3. The van der Waals surface area contributed by atoms with E-state index in [1.807, 2.05) is 31.2 Å². The van der Waals surface area contributed by atoms with Gasteiger partial charge in [0.05, 0.1) is 0 Å². The van der Waals surface area contributed by atoms with E-state index in [9.17, 15) is 0 Å². The lowest BCUT2D eigenvalue weighted by Gasteiger charge is -1.98. The summed E-state index contributed by atoms with van der Waals surface area (Å²) < 4.78 is 0.484. The number of hydrogen-bond donors (Lipinski definition) is 1. The van der Waals surface area contributed by atoms with Crippen LogP contribution in [-0.2, 0) is 0 Å². The molecule has 0 aliphatic heterocycles. The van der Waals surface area contributed by atoms with E-state index in [1.54, 1.807) is 0 Å². The molecule has 0 bridgehead atoms. The van der Waals surface area contributed by atoms with Crippen molar-refractivity contribution in [3.8, 4) is 11.3 Å². The molecule has 1 aromatic carbocycles. The third-order valence-electron chi connectivity index (χ3n) is 1.95. The van der Waals surface area contributed by atoms with Crippen molar-refractivity contribution in [2.24, 2.45) is 0 Å². The first-order valence-electron chi connectivity index (χ1n) is 4.15. The molecule has 0 atom stereocenters. The van der Waals surface area contributed by atoms with Gasteiger partial charge >= 0.3 is 0 Å². The van der Waals surface area contributed by atoms with Crippen LogP contribution in [0.2, 0.25) is 4.47 Å². The molecule has 1 aromatic heterocycles. The number of nitrogen functional groups attached to an aromatic ring is 1. The highest BCUT2D eigenvalue weighted by molar-refractivity contribution is 7.19. The van der Waals surface area contributed by atoms with E-state index in [1.165, 1.54) is 16.9 Å². The van der Waals surface area contributed by atoms with E-state index >= 15 is 0 Å². The minimum atomic E-state index is 0.484. The van der Waals surface area contributed by atoms with Crippen LogP contribution in [0.15, 0.2) is 24.3 Å². The van der Waals surface area contributed by atoms with Crippen molar-refractivity contribution >= 4 is 27.9 Å². The van der Waals surface area contributed by atoms with Crippen molar-refractivity contribution in [1.82, 2.24) is 4.98 Å². The van der Waals surface area contributed by atoms with Crippen molar-refractivity contribution in [2.45, 2.75) is 6.92 Å². The first kappa shape index (κ1) is 9.49. The van der Waals surface area contributed by atoms with Gasteiger partial charge in [0.2, 0.25) is 0 Å². The van der Waals surface area contributed by atoms with Crippen molar-refractivity contribution in [2.75, 3.05) is 5.73 Å². The van der Waals surface area contributed by atoms with E-state index in [0.29, 0.717) is 9.47 Å². The van der Waals surface area contributed by atoms with Gasteiger partial charge in [-0.3, -0.25) is 0 Å². The molecule has 0 saturated heterocycles. The van der Waals surface area contributed by atoms with Crippen LogP contribution in [0.25, 0.3) is 11.3 Å². The van der Waals surface area contributed by atoms with Gasteiger partial charge in [0.1, 0.15) is 10.7 Å². The summed E-state index contributed by atoms with van der Waals surface area (Å²) in [6, 6.07) is 8.05. The van der Waals surface area contributed by atoms with Gasteiger partial charge in [-0.05, 0) is 6.92 Å². The molecule has 2 rings (SSSR count). The lowest BCUT2D eigenvalue weighted by molar-refractivity contribution is 1.39. The number of nitrogens with two attached hydrogens (primary N) is 1. The van der Waals surface area contributed by atoms with Crippen molar-refractivity contribution in [3.05, 3.63) is 34.3 Å². The molecule has 4 heteroatoms. The smallest absolute Gasteiger partial charge is 0.186 e. The fraction of sp³-hybridized carbons (Fsp3) is 0.100. The van der Waals surface area contributed by atoms with Crippen molar-refractivity contribution < 1.29 is 0 Å². The summed E-state index contributed by atoms with van der Waals surface area (Å²) >= 11 is 7.07. The molecule has 0 saturated carbocycles. The lowest BCUT2D eigenvalue weighted by Crippen LogP contribution is -1.85. The number of aryl methyl sites for hydroxylation is 1. The molecular weight excluding hydrogens is 216 g/mol. The number of aromatic nitrogens is 1. The molecule has 2 aromatic rings. The Morgan fingerprint density at radius 1 is 1.29 bits per heavy atom. The van der Waals surface area contributed by atoms with Gasteiger partial charge in [-0.25, -0.2) is 4.98 Å². The summed E-state index contributed by atoms with van der Waals surface area (Å²) in [5.41, 5.74) is 8.79. The minimum Gasteiger partial charge on any atom is -0.389 e. The van der Waals surface area contributed by atoms with Gasteiger partial charge in [-0.1, -0.05) is 52.8 Å². The summed E-state index contributed by atoms with van der Waals surface area (Å²) in [5.74, 6) is 0. The van der Waals surface area contributed by atoms with Crippen LogP contribution in [0.1, 0.15) is 5.56 Å². The van der Waals surface area contributed by atoms with Crippen LogP contribution in [0.4, 0.5) is 5.00 Å². The molecule has 0 amide bonds. The fourth-order valence-corrected chi connectivity index (χ4v) is 2.14.